The number of amides is 2. The van der Waals surface area contributed by atoms with E-state index in [1.54, 1.807) is 0 Å². The predicted octanol–water partition coefficient (Wildman–Crippen LogP) is 1.59. The lowest BCUT2D eigenvalue weighted by Gasteiger charge is -2.26. The molecular formula is C16H20N2O2. The van der Waals surface area contributed by atoms with E-state index in [9.17, 15) is 9.59 Å². The topological polar surface area (TPSA) is 49.4 Å². The number of carbonyl (C=O) groups is 2. The fraction of sp³-hybridized carbons (Fsp3) is 0.500. The minimum absolute atomic E-state index is 0.00109. The number of piperidine rings is 1. The molecule has 4 nitrogen and oxygen atoms in total. The number of nitrogens with zero attached hydrogens (tertiary/aromatic N) is 1. The first-order valence-corrected chi connectivity index (χ1v) is 7.06. The zero-order valence-corrected chi connectivity index (χ0v) is 12.1. The van der Waals surface area contributed by atoms with Gasteiger partial charge in [0.05, 0.1) is 17.9 Å². The monoisotopic (exact) mass is 272 g/mol. The number of imide groups is 1. The van der Waals surface area contributed by atoms with Crippen molar-refractivity contribution < 1.29 is 9.59 Å². The summed E-state index contributed by atoms with van der Waals surface area (Å²) in [6.45, 7) is 4.42. The van der Waals surface area contributed by atoms with Crippen LogP contribution < -0.4 is 5.32 Å². The molecule has 20 heavy (non-hydrogen) atoms. The van der Waals surface area contributed by atoms with Crippen molar-refractivity contribution in [1.29, 1.82) is 0 Å². The number of likely N-dealkylation sites (N-methyl/N-ethyl adjacent to an activating group) is 1. The minimum atomic E-state index is -0.132. The standard InChI is InChI=1S/C16H20N2O2/c1-16(2)12-13(16)15(20)18(14(12)19)9-11(17-3)10-7-5-4-6-8-10/h4-8,11-13,17H,9H2,1-3H3. The molecule has 3 unspecified atom stereocenters. The molecule has 1 heterocycles. The van der Waals surface area contributed by atoms with Gasteiger partial charge in [-0.1, -0.05) is 44.2 Å². The molecule has 1 aromatic carbocycles. The van der Waals surface area contributed by atoms with Crippen LogP contribution in [0.1, 0.15) is 25.5 Å². The molecule has 1 saturated heterocycles. The number of hydrogen-bond donors (Lipinski definition) is 1. The van der Waals surface area contributed by atoms with E-state index in [4.69, 9.17) is 0 Å². The van der Waals surface area contributed by atoms with Crippen LogP contribution in [0.4, 0.5) is 0 Å². The number of carbonyl (C=O) groups excluding carboxylic acids is 2. The first kappa shape index (κ1) is 13.3. The number of likely N-dealkylation sites (tertiary alicyclic amines) is 1. The van der Waals surface area contributed by atoms with Crippen molar-refractivity contribution in [3.63, 3.8) is 0 Å². The summed E-state index contributed by atoms with van der Waals surface area (Å²) < 4.78 is 0. The highest BCUT2D eigenvalue weighted by Gasteiger charge is 2.72. The van der Waals surface area contributed by atoms with Crippen molar-refractivity contribution in [2.45, 2.75) is 19.9 Å². The van der Waals surface area contributed by atoms with E-state index in [0.29, 0.717) is 6.54 Å². The lowest BCUT2D eigenvalue weighted by Crippen LogP contribution is -2.41. The lowest BCUT2D eigenvalue weighted by atomic mass is 10.0. The molecule has 2 aliphatic rings. The smallest absolute Gasteiger partial charge is 0.233 e. The largest absolute Gasteiger partial charge is 0.312 e. The van der Waals surface area contributed by atoms with Crippen LogP contribution in [0.3, 0.4) is 0 Å². The average Bonchev–Trinajstić information content (AvgIpc) is 2.91. The number of benzene rings is 1. The van der Waals surface area contributed by atoms with E-state index in [0.717, 1.165) is 5.56 Å². The van der Waals surface area contributed by atoms with Gasteiger partial charge in [0, 0.05) is 6.54 Å². The third-order valence-corrected chi connectivity index (χ3v) is 4.81. The summed E-state index contributed by atoms with van der Waals surface area (Å²) in [7, 11) is 1.85. The molecule has 0 radical (unpaired) electrons. The Morgan fingerprint density at radius 3 is 2.20 bits per heavy atom. The van der Waals surface area contributed by atoms with Gasteiger partial charge >= 0.3 is 0 Å². The highest BCUT2D eigenvalue weighted by molar-refractivity contribution is 6.10. The van der Waals surface area contributed by atoms with Crippen LogP contribution in [-0.2, 0) is 9.59 Å². The molecule has 1 aliphatic heterocycles. The molecule has 2 amide bonds. The summed E-state index contributed by atoms with van der Waals surface area (Å²) in [5.41, 5.74) is 0.961. The van der Waals surface area contributed by atoms with Gasteiger partial charge in [0.25, 0.3) is 0 Å². The maximum Gasteiger partial charge on any atom is 0.233 e. The lowest BCUT2D eigenvalue weighted by molar-refractivity contribution is -0.143. The van der Waals surface area contributed by atoms with Crippen LogP contribution in [-0.4, -0.2) is 30.3 Å². The number of fused-ring (bicyclic) bond motifs is 1. The Kier molecular flexibility index (Phi) is 2.94. The van der Waals surface area contributed by atoms with Gasteiger partial charge in [-0.15, -0.1) is 0 Å². The third-order valence-electron chi connectivity index (χ3n) is 4.81. The summed E-state index contributed by atoms with van der Waals surface area (Å²) in [6, 6.07) is 9.90. The van der Waals surface area contributed by atoms with Crippen molar-refractivity contribution in [2.75, 3.05) is 13.6 Å². The van der Waals surface area contributed by atoms with E-state index in [2.05, 4.69) is 5.32 Å². The Hall–Kier alpha value is -1.68. The van der Waals surface area contributed by atoms with Crippen LogP contribution in [0.15, 0.2) is 30.3 Å². The first-order valence-electron chi connectivity index (χ1n) is 7.06. The molecule has 0 aromatic heterocycles. The van der Waals surface area contributed by atoms with Crippen LogP contribution >= 0.6 is 0 Å². The van der Waals surface area contributed by atoms with Gasteiger partial charge in [-0.3, -0.25) is 14.5 Å². The molecule has 3 atom stereocenters. The van der Waals surface area contributed by atoms with Gasteiger partial charge in [0.15, 0.2) is 0 Å². The van der Waals surface area contributed by atoms with E-state index < -0.39 is 0 Å². The molecule has 1 aliphatic carbocycles. The van der Waals surface area contributed by atoms with Crippen LogP contribution in [0, 0.1) is 17.3 Å². The normalized spacial score (nSPS) is 28.4. The Morgan fingerprint density at radius 2 is 1.70 bits per heavy atom. The summed E-state index contributed by atoms with van der Waals surface area (Å²) >= 11 is 0. The molecule has 1 saturated carbocycles. The molecule has 4 heteroatoms. The Bertz CT molecular complexity index is 529. The van der Waals surface area contributed by atoms with E-state index >= 15 is 0 Å². The van der Waals surface area contributed by atoms with Crippen molar-refractivity contribution in [3.8, 4) is 0 Å². The Labute approximate surface area is 119 Å². The molecule has 1 N–H and O–H groups in total. The molecule has 0 spiro atoms. The Morgan fingerprint density at radius 1 is 1.15 bits per heavy atom. The van der Waals surface area contributed by atoms with Gasteiger partial charge in [0.1, 0.15) is 0 Å². The fourth-order valence-electron chi connectivity index (χ4n) is 3.42. The average molecular weight is 272 g/mol. The maximum atomic E-state index is 12.3. The van der Waals surface area contributed by atoms with Crippen molar-refractivity contribution >= 4 is 11.8 Å². The second-order valence-corrected chi connectivity index (χ2v) is 6.32. The first-order chi connectivity index (χ1) is 9.48. The van der Waals surface area contributed by atoms with Crippen LogP contribution in [0.5, 0.6) is 0 Å². The van der Waals surface area contributed by atoms with Gasteiger partial charge in [-0.05, 0) is 18.0 Å². The van der Waals surface area contributed by atoms with Gasteiger partial charge < -0.3 is 5.32 Å². The van der Waals surface area contributed by atoms with Crippen LogP contribution in [0.25, 0.3) is 0 Å². The summed E-state index contributed by atoms with van der Waals surface area (Å²) in [5.74, 6) is -0.186. The van der Waals surface area contributed by atoms with Gasteiger partial charge in [-0.25, -0.2) is 0 Å². The number of hydrogen-bond acceptors (Lipinski definition) is 3. The molecular weight excluding hydrogens is 252 g/mol. The quantitative estimate of drug-likeness (QED) is 0.847. The summed E-state index contributed by atoms with van der Waals surface area (Å²) in [5, 5.41) is 3.19. The SMILES string of the molecule is CNC(CN1C(=O)C2C(C1=O)C2(C)C)c1ccccc1. The number of nitrogens with one attached hydrogen (secondary N) is 1. The van der Waals surface area contributed by atoms with Crippen molar-refractivity contribution in [1.82, 2.24) is 10.2 Å². The fourth-order valence-corrected chi connectivity index (χ4v) is 3.42. The molecule has 3 rings (SSSR count). The summed E-state index contributed by atoms with van der Waals surface area (Å²) in [6.07, 6.45) is 0. The molecule has 2 fully saturated rings. The highest BCUT2D eigenvalue weighted by Crippen LogP contribution is 2.63. The predicted molar refractivity (Wildman–Crippen MR) is 75.7 cm³/mol. The van der Waals surface area contributed by atoms with E-state index in [1.165, 1.54) is 4.90 Å². The second-order valence-electron chi connectivity index (χ2n) is 6.32. The van der Waals surface area contributed by atoms with E-state index in [1.807, 2.05) is 51.2 Å². The summed E-state index contributed by atoms with van der Waals surface area (Å²) in [4.78, 5) is 26.1. The van der Waals surface area contributed by atoms with Gasteiger partial charge in [0.2, 0.25) is 11.8 Å². The maximum absolute atomic E-state index is 12.3. The van der Waals surface area contributed by atoms with Crippen molar-refractivity contribution in [2.24, 2.45) is 17.3 Å². The number of rotatable bonds is 4. The van der Waals surface area contributed by atoms with Crippen molar-refractivity contribution in [3.05, 3.63) is 35.9 Å². The van der Waals surface area contributed by atoms with Gasteiger partial charge in [-0.2, -0.15) is 0 Å². The van der Waals surface area contributed by atoms with E-state index in [-0.39, 0.29) is 35.1 Å². The zero-order valence-electron chi connectivity index (χ0n) is 12.1. The zero-order chi connectivity index (χ0) is 14.5. The minimum Gasteiger partial charge on any atom is -0.312 e. The second kappa shape index (κ2) is 4.42. The molecule has 0 bridgehead atoms. The Balaban J connectivity index is 1.76. The highest BCUT2D eigenvalue weighted by atomic mass is 16.2. The molecule has 1 aromatic rings. The van der Waals surface area contributed by atoms with Crippen LogP contribution in [0.2, 0.25) is 0 Å². The third kappa shape index (κ3) is 1.79. The molecule has 106 valence electrons.